The van der Waals surface area contributed by atoms with E-state index in [1.165, 1.54) is 23.3 Å². The van der Waals surface area contributed by atoms with Crippen molar-refractivity contribution in [1.29, 1.82) is 0 Å². The Morgan fingerprint density at radius 3 is 2.56 bits per heavy atom. The number of rotatable bonds is 10. The van der Waals surface area contributed by atoms with Crippen molar-refractivity contribution >= 4 is 34.5 Å². The lowest BCUT2D eigenvalue weighted by Crippen LogP contribution is -2.30. The number of aliphatic hydroxyl groups is 1. The Kier molecular flexibility index (Phi) is 7.76. The van der Waals surface area contributed by atoms with Crippen LogP contribution in [0, 0.1) is 0 Å². The maximum absolute atomic E-state index is 12.7. The number of carbonyl (C=O) groups excluding carboxylic acids is 1. The summed E-state index contributed by atoms with van der Waals surface area (Å²) in [6, 6.07) is 16.0. The molecule has 0 fully saturated rings. The van der Waals surface area contributed by atoms with Crippen molar-refractivity contribution < 1.29 is 19.4 Å². The molecule has 36 heavy (non-hydrogen) atoms. The van der Waals surface area contributed by atoms with Gasteiger partial charge in [-0.2, -0.15) is 0 Å². The number of hydrogen-bond donors (Lipinski definition) is 3. The second kappa shape index (κ2) is 11.1. The van der Waals surface area contributed by atoms with Gasteiger partial charge in [-0.3, -0.25) is 19.1 Å². The average molecular weight is 512 g/mol. The van der Waals surface area contributed by atoms with E-state index in [1.807, 2.05) is 18.2 Å². The Bertz CT molecular complexity index is 1480. The van der Waals surface area contributed by atoms with E-state index >= 15 is 0 Å². The molecule has 0 bridgehead atoms. The zero-order valence-electron chi connectivity index (χ0n) is 19.6. The first-order chi connectivity index (χ1) is 17.4. The predicted octanol–water partition coefficient (Wildman–Crippen LogP) is 1.60. The molecule has 4 aromatic rings. The highest BCUT2D eigenvalue weighted by Gasteiger charge is 2.21. The number of nitrogens with zero attached hydrogens (tertiary/aromatic N) is 3. The van der Waals surface area contributed by atoms with Gasteiger partial charge in [0, 0.05) is 12.7 Å². The highest BCUT2D eigenvalue weighted by atomic mass is 32.2. The van der Waals surface area contributed by atoms with Crippen LogP contribution < -0.4 is 26.0 Å². The predicted molar refractivity (Wildman–Crippen MR) is 136 cm³/mol. The minimum absolute atomic E-state index is 0.00211. The van der Waals surface area contributed by atoms with Crippen LogP contribution in [-0.2, 0) is 18.4 Å². The summed E-state index contributed by atoms with van der Waals surface area (Å²) in [6.07, 6.45) is -1.04. The van der Waals surface area contributed by atoms with Gasteiger partial charge in [-0.1, -0.05) is 42.1 Å². The summed E-state index contributed by atoms with van der Waals surface area (Å²) in [5.74, 6) is 0.706. The SMILES string of the molecule is COc1ccccc1OC[C@H](O)Cn1c(SCC(=O)Nc2ccccc2)nc2c1c(=O)[nH]c(=O)n2C. The molecule has 4 rings (SSSR count). The van der Waals surface area contributed by atoms with Crippen LogP contribution in [0.2, 0.25) is 0 Å². The first-order valence-corrected chi connectivity index (χ1v) is 12.0. The number of para-hydroxylation sites is 3. The van der Waals surface area contributed by atoms with Gasteiger partial charge in [0.15, 0.2) is 27.8 Å². The zero-order valence-corrected chi connectivity index (χ0v) is 20.4. The Hall–Kier alpha value is -4.03. The minimum atomic E-state index is -1.04. The largest absolute Gasteiger partial charge is 0.493 e. The van der Waals surface area contributed by atoms with Crippen molar-refractivity contribution in [3.8, 4) is 11.5 Å². The van der Waals surface area contributed by atoms with Gasteiger partial charge in [0.2, 0.25) is 5.91 Å². The number of nitrogens with one attached hydrogen (secondary N) is 2. The Labute approximate surface area is 209 Å². The van der Waals surface area contributed by atoms with Crippen LogP contribution in [0.25, 0.3) is 11.2 Å². The average Bonchev–Trinajstić information content (AvgIpc) is 3.24. The molecular formula is C24H25N5O6S. The zero-order chi connectivity index (χ0) is 25.7. The molecule has 2 aromatic heterocycles. The second-order valence-corrected chi connectivity index (χ2v) is 8.76. The van der Waals surface area contributed by atoms with E-state index in [0.29, 0.717) is 22.3 Å². The number of ether oxygens (including phenoxy) is 2. The van der Waals surface area contributed by atoms with Crippen LogP contribution >= 0.6 is 11.8 Å². The number of anilines is 1. The van der Waals surface area contributed by atoms with E-state index in [4.69, 9.17) is 9.47 Å². The second-order valence-electron chi connectivity index (χ2n) is 7.81. The molecule has 0 aliphatic carbocycles. The lowest BCUT2D eigenvalue weighted by Gasteiger charge is -2.16. The van der Waals surface area contributed by atoms with Gasteiger partial charge in [-0.25, -0.2) is 9.78 Å². The first-order valence-electron chi connectivity index (χ1n) is 11.0. The van der Waals surface area contributed by atoms with Gasteiger partial charge in [0.25, 0.3) is 5.56 Å². The van der Waals surface area contributed by atoms with E-state index in [0.717, 1.165) is 11.8 Å². The number of H-pyrrole nitrogens is 1. The molecule has 1 amide bonds. The van der Waals surface area contributed by atoms with Crippen molar-refractivity contribution in [3.63, 3.8) is 0 Å². The highest BCUT2D eigenvalue weighted by Crippen LogP contribution is 2.26. The monoisotopic (exact) mass is 511 g/mol. The summed E-state index contributed by atoms with van der Waals surface area (Å²) in [4.78, 5) is 43.9. The fourth-order valence-electron chi connectivity index (χ4n) is 3.53. The summed E-state index contributed by atoms with van der Waals surface area (Å²) >= 11 is 1.09. The number of aromatic amines is 1. The molecule has 0 unspecified atom stereocenters. The molecule has 0 aliphatic heterocycles. The van der Waals surface area contributed by atoms with Gasteiger partial charge in [0.05, 0.1) is 19.4 Å². The molecule has 2 heterocycles. The van der Waals surface area contributed by atoms with Crippen LogP contribution in [0.3, 0.4) is 0 Å². The quantitative estimate of drug-likeness (QED) is 0.273. The molecule has 1 atom stereocenters. The summed E-state index contributed by atoms with van der Waals surface area (Å²) in [6.45, 7) is -0.155. The van der Waals surface area contributed by atoms with E-state index < -0.39 is 17.4 Å². The summed E-state index contributed by atoms with van der Waals surface area (Å²) < 4.78 is 13.7. The lowest BCUT2D eigenvalue weighted by molar-refractivity contribution is -0.113. The Morgan fingerprint density at radius 1 is 1.14 bits per heavy atom. The van der Waals surface area contributed by atoms with E-state index in [2.05, 4.69) is 15.3 Å². The van der Waals surface area contributed by atoms with Gasteiger partial charge < -0.3 is 24.5 Å². The van der Waals surface area contributed by atoms with Crippen molar-refractivity contribution in [2.75, 3.05) is 24.8 Å². The van der Waals surface area contributed by atoms with Crippen molar-refractivity contribution in [2.45, 2.75) is 17.8 Å². The van der Waals surface area contributed by atoms with Crippen LogP contribution in [-0.4, -0.2) is 55.7 Å². The molecule has 0 radical (unpaired) electrons. The molecular weight excluding hydrogens is 486 g/mol. The number of aromatic nitrogens is 4. The summed E-state index contributed by atoms with van der Waals surface area (Å²) in [5.41, 5.74) is -0.346. The number of aliphatic hydroxyl groups excluding tert-OH is 1. The van der Waals surface area contributed by atoms with Crippen LogP contribution in [0.1, 0.15) is 0 Å². The fourth-order valence-corrected chi connectivity index (χ4v) is 4.34. The smallest absolute Gasteiger partial charge is 0.329 e. The fraction of sp³-hybridized carbons (Fsp3) is 0.250. The van der Waals surface area contributed by atoms with Gasteiger partial charge >= 0.3 is 5.69 Å². The van der Waals surface area contributed by atoms with Gasteiger partial charge in [-0.05, 0) is 24.3 Å². The molecule has 2 aromatic carbocycles. The van der Waals surface area contributed by atoms with Crippen LogP contribution in [0.15, 0.2) is 69.3 Å². The molecule has 188 valence electrons. The lowest BCUT2D eigenvalue weighted by atomic mass is 10.3. The molecule has 11 nitrogen and oxygen atoms in total. The molecule has 0 spiro atoms. The number of amides is 1. The molecule has 0 saturated carbocycles. The molecule has 3 N–H and O–H groups in total. The van der Waals surface area contributed by atoms with E-state index in [-0.39, 0.29) is 36.0 Å². The van der Waals surface area contributed by atoms with Gasteiger partial charge in [-0.15, -0.1) is 0 Å². The molecule has 0 saturated heterocycles. The standard InChI is InChI=1S/C24H25N5O6S/c1-28-21-20(22(32)27-23(28)33)29(12-16(30)13-35-18-11-7-6-10-17(18)34-2)24(26-21)36-14-19(31)25-15-8-4-3-5-9-15/h3-11,16,30H,12-14H2,1-2H3,(H,25,31)(H,27,32,33)/t16-/m1/s1. The third kappa shape index (κ3) is 5.61. The van der Waals surface area contributed by atoms with Crippen LogP contribution in [0.4, 0.5) is 5.69 Å². The van der Waals surface area contributed by atoms with Crippen molar-refractivity contribution in [3.05, 3.63) is 75.4 Å². The Morgan fingerprint density at radius 2 is 1.83 bits per heavy atom. The third-order valence-corrected chi connectivity index (χ3v) is 6.23. The number of thioether (sulfide) groups is 1. The number of methoxy groups -OCH3 is 1. The Balaban J connectivity index is 1.56. The normalized spacial score (nSPS) is 11.9. The van der Waals surface area contributed by atoms with Gasteiger partial charge in [0.1, 0.15) is 12.7 Å². The maximum atomic E-state index is 12.7. The highest BCUT2D eigenvalue weighted by molar-refractivity contribution is 7.99. The number of aryl methyl sites for hydroxylation is 1. The number of fused-ring (bicyclic) bond motifs is 1. The van der Waals surface area contributed by atoms with Crippen LogP contribution in [0.5, 0.6) is 11.5 Å². The number of imidazole rings is 1. The number of benzene rings is 2. The first kappa shape index (κ1) is 25.1. The number of carbonyl (C=O) groups is 1. The van der Waals surface area contributed by atoms with Crippen molar-refractivity contribution in [2.24, 2.45) is 7.05 Å². The van der Waals surface area contributed by atoms with E-state index in [9.17, 15) is 19.5 Å². The third-order valence-electron chi connectivity index (χ3n) is 5.26. The maximum Gasteiger partial charge on any atom is 0.329 e. The van der Waals surface area contributed by atoms with E-state index in [1.54, 1.807) is 36.4 Å². The molecule has 0 aliphatic rings. The number of hydrogen-bond acceptors (Lipinski definition) is 8. The minimum Gasteiger partial charge on any atom is -0.493 e. The van der Waals surface area contributed by atoms with Crippen molar-refractivity contribution in [1.82, 2.24) is 19.1 Å². The molecule has 12 heteroatoms. The summed E-state index contributed by atoms with van der Waals surface area (Å²) in [5, 5.41) is 13.8. The topological polar surface area (TPSA) is 140 Å². The summed E-state index contributed by atoms with van der Waals surface area (Å²) in [7, 11) is 3.00.